The van der Waals surface area contributed by atoms with Gasteiger partial charge in [0, 0.05) is 16.7 Å². The molecule has 0 saturated carbocycles. The molecule has 0 saturated heterocycles. The number of carbonyl (C=O) groups excluding carboxylic acids is 1. The van der Waals surface area contributed by atoms with Crippen molar-refractivity contribution in [3.05, 3.63) is 62.1 Å². The molecule has 0 aromatic heterocycles. The van der Waals surface area contributed by atoms with Crippen LogP contribution < -0.4 is 11.1 Å². The Kier molecular flexibility index (Phi) is 4.30. The minimum Gasteiger partial charge on any atom is -0.393 e. The van der Waals surface area contributed by atoms with Gasteiger partial charge in [-0.25, -0.2) is 0 Å². The van der Waals surface area contributed by atoms with Crippen LogP contribution in [0.25, 0.3) is 0 Å². The number of nitrogen functional groups attached to an aromatic ring is 1. The predicted octanol–water partition coefficient (Wildman–Crippen LogP) is 3.74. The molecule has 0 heterocycles. The maximum atomic E-state index is 12.1. The molecule has 0 atom stereocenters. The maximum absolute atomic E-state index is 12.1. The first-order valence-corrected chi connectivity index (χ1v) is 6.44. The van der Waals surface area contributed by atoms with Crippen molar-refractivity contribution in [3.8, 4) is 0 Å². The van der Waals surface area contributed by atoms with Gasteiger partial charge in [-0.2, -0.15) is 0 Å². The fraction of sp³-hybridized carbons (Fsp3) is 0. The summed E-state index contributed by atoms with van der Waals surface area (Å²) in [5.41, 5.74) is 5.58. The van der Waals surface area contributed by atoms with Crippen LogP contribution in [-0.4, -0.2) is 10.8 Å². The van der Waals surface area contributed by atoms with Crippen molar-refractivity contribution in [1.29, 1.82) is 0 Å². The van der Waals surface area contributed by atoms with Crippen LogP contribution in [0.15, 0.2) is 36.4 Å². The van der Waals surface area contributed by atoms with Crippen LogP contribution in [0.3, 0.4) is 0 Å². The molecule has 2 rings (SSSR count). The van der Waals surface area contributed by atoms with Gasteiger partial charge in [0.1, 0.15) is 5.69 Å². The third kappa shape index (κ3) is 3.42. The molecule has 0 bridgehead atoms. The highest BCUT2D eigenvalue weighted by atomic mass is 35.5. The van der Waals surface area contributed by atoms with Crippen LogP contribution in [-0.2, 0) is 0 Å². The number of carbonyl (C=O) groups is 1. The highest BCUT2D eigenvalue weighted by Crippen LogP contribution is 2.27. The minimum atomic E-state index is -0.651. The van der Waals surface area contributed by atoms with Crippen molar-refractivity contribution < 1.29 is 9.72 Å². The van der Waals surface area contributed by atoms with E-state index in [1.807, 2.05) is 0 Å². The fourth-order valence-electron chi connectivity index (χ4n) is 1.63. The number of rotatable bonds is 3. The molecule has 0 aliphatic rings. The zero-order valence-electron chi connectivity index (χ0n) is 10.5. The lowest BCUT2D eigenvalue weighted by atomic mass is 10.1. The van der Waals surface area contributed by atoms with E-state index in [1.54, 1.807) is 6.07 Å². The number of nitro benzene ring substituents is 1. The molecular weight excluding hydrogens is 317 g/mol. The zero-order valence-corrected chi connectivity index (χ0v) is 12.0. The normalized spacial score (nSPS) is 10.2. The van der Waals surface area contributed by atoms with E-state index in [4.69, 9.17) is 28.9 Å². The fourth-order valence-corrected chi connectivity index (χ4v) is 2.08. The van der Waals surface area contributed by atoms with Gasteiger partial charge >= 0.3 is 0 Å². The molecule has 3 N–H and O–H groups in total. The SMILES string of the molecule is Nc1ccc(C(=O)Nc2ccc(Cl)cc2Cl)cc1[N+](=O)[O-]. The molecule has 8 heteroatoms. The van der Waals surface area contributed by atoms with Crippen LogP contribution in [0.4, 0.5) is 17.1 Å². The Bertz CT molecular complexity index is 735. The molecule has 0 fully saturated rings. The number of nitro groups is 1. The smallest absolute Gasteiger partial charge is 0.292 e. The first kappa shape index (κ1) is 15.1. The Morgan fingerprint density at radius 3 is 2.52 bits per heavy atom. The Hall–Kier alpha value is -2.31. The van der Waals surface area contributed by atoms with Crippen LogP contribution in [0.2, 0.25) is 10.0 Å². The maximum Gasteiger partial charge on any atom is 0.292 e. The lowest BCUT2D eigenvalue weighted by molar-refractivity contribution is -0.383. The Labute approximate surface area is 129 Å². The van der Waals surface area contributed by atoms with Crippen molar-refractivity contribution in [3.63, 3.8) is 0 Å². The summed E-state index contributed by atoms with van der Waals surface area (Å²) in [4.78, 5) is 22.2. The van der Waals surface area contributed by atoms with Crippen molar-refractivity contribution in [2.75, 3.05) is 11.1 Å². The summed E-state index contributed by atoms with van der Waals surface area (Å²) < 4.78 is 0. The summed E-state index contributed by atoms with van der Waals surface area (Å²) in [5.74, 6) is -0.540. The van der Waals surface area contributed by atoms with E-state index in [0.717, 1.165) is 6.07 Å². The summed E-state index contributed by atoms with van der Waals surface area (Å²) >= 11 is 11.7. The monoisotopic (exact) mass is 325 g/mol. The number of nitrogens with two attached hydrogens (primary N) is 1. The predicted molar refractivity (Wildman–Crippen MR) is 81.9 cm³/mol. The number of nitrogens with one attached hydrogen (secondary N) is 1. The van der Waals surface area contributed by atoms with Crippen LogP contribution in [0, 0.1) is 10.1 Å². The zero-order chi connectivity index (χ0) is 15.6. The lowest BCUT2D eigenvalue weighted by Crippen LogP contribution is -2.12. The molecule has 0 radical (unpaired) electrons. The molecular formula is C13H9Cl2N3O3. The summed E-state index contributed by atoms with van der Waals surface area (Å²) in [6, 6.07) is 8.37. The molecule has 2 aromatic carbocycles. The summed E-state index contributed by atoms with van der Waals surface area (Å²) in [6.07, 6.45) is 0. The second-order valence-corrected chi connectivity index (χ2v) is 4.95. The van der Waals surface area contributed by atoms with Crippen LogP contribution in [0.1, 0.15) is 10.4 Å². The lowest BCUT2D eigenvalue weighted by Gasteiger charge is -2.08. The van der Waals surface area contributed by atoms with Gasteiger partial charge in [-0.05, 0) is 30.3 Å². The highest BCUT2D eigenvalue weighted by molar-refractivity contribution is 6.36. The average Bonchev–Trinajstić information content (AvgIpc) is 2.42. The second-order valence-electron chi connectivity index (χ2n) is 4.11. The third-order valence-corrected chi connectivity index (χ3v) is 3.22. The van der Waals surface area contributed by atoms with E-state index < -0.39 is 10.8 Å². The van der Waals surface area contributed by atoms with Gasteiger partial charge in [0.2, 0.25) is 0 Å². The number of benzene rings is 2. The Morgan fingerprint density at radius 2 is 1.90 bits per heavy atom. The molecule has 108 valence electrons. The number of hydrogen-bond acceptors (Lipinski definition) is 4. The van der Waals surface area contributed by atoms with Crippen molar-refractivity contribution in [2.45, 2.75) is 0 Å². The summed E-state index contributed by atoms with van der Waals surface area (Å²) in [5, 5.41) is 14.0. The van der Waals surface area contributed by atoms with Gasteiger partial charge in [0.25, 0.3) is 11.6 Å². The van der Waals surface area contributed by atoms with E-state index in [1.165, 1.54) is 24.3 Å². The van der Waals surface area contributed by atoms with E-state index in [-0.39, 0.29) is 22.0 Å². The van der Waals surface area contributed by atoms with Gasteiger partial charge in [0.05, 0.1) is 15.6 Å². The highest BCUT2D eigenvalue weighted by Gasteiger charge is 2.16. The molecule has 21 heavy (non-hydrogen) atoms. The third-order valence-electron chi connectivity index (χ3n) is 2.67. The Balaban J connectivity index is 2.28. The van der Waals surface area contributed by atoms with Gasteiger partial charge in [-0.15, -0.1) is 0 Å². The van der Waals surface area contributed by atoms with E-state index >= 15 is 0 Å². The number of amides is 1. The topological polar surface area (TPSA) is 98.3 Å². The molecule has 0 spiro atoms. The van der Waals surface area contributed by atoms with Crippen LogP contribution >= 0.6 is 23.2 Å². The quantitative estimate of drug-likeness (QED) is 0.510. The summed E-state index contributed by atoms with van der Waals surface area (Å²) in [6.45, 7) is 0. The number of anilines is 2. The largest absolute Gasteiger partial charge is 0.393 e. The van der Waals surface area contributed by atoms with Crippen molar-refractivity contribution in [1.82, 2.24) is 0 Å². The average molecular weight is 326 g/mol. The molecule has 1 amide bonds. The molecule has 0 aliphatic heterocycles. The van der Waals surface area contributed by atoms with Crippen molar-refractivity contribution >= 4 is 46.2 Å². The molecule has 0 unspecified atom stereocenters. The summed E-state index contributed by atoms with van der Waals surface area (Å²) in [7, 11) is 0. The van der Waals surface area contributed by atoms with E-state index in [2.05, 4.69) is 5.32 Å². The molecule has 6 nitrogen and oxygen atoms in total. The first-order valence-electron chi connectivity index (χ1n) is 5.69. The standard InChI is InChI=1S/C13H9Cl2N3O3/c14-8-2-4-11(9(15)6-8)17-13(19)7-1-3-10(16)12(5-7)18(20)21/h1-6H,16H2,(H,17,19). The van der Waals surface area contributed by atoms with Crippen LogP contribution in [0.5, 0.6) is 0 Å². The number of nitrogens with zero attached hydrogens (tertiary/aromatic N) is 1. The second kappa shape index (κ2) is 5.99. The first-order chi connectivity index (χ1) is 9.88. The van der Waals surface area contributed by atoms with Gasteiger partial charge < -0.3 is 11.1 Å². The van der Waals surface area contributed by atoms with E-state index in [0.29, 0.717) is 10.7 Å². The van der Waals surface area contributed by atoms with Gasteiger partial charge in [-0.1, -0.05) is 23.2 Å². The van der Waals surface area contributed by atoms with Gasteiger partial charge in [-0.3, -0.25) is 14.9 Å². The van der Waals surface area contributed by atoms with E-state index in [9.17, 15) is 14.9 Å². The Morgan fingerprint density at radius 1 is 1.19 bits per heavy atom. The number of halogens is 2. The van der Waals surface area contributed by atoms with Crippen molar-refractivity contribution in [2.24, 2.45) is 0 Å². The molecule has 2 aromatic rings. The van der Waals surface area contributed by atoms with Gasteiger partial charge in [0.15, 0.2) is 0 Å². The number of hydrogen-bond donors (Lipinski definition) is 2. The molecule has 0 aliphatic carbocycles. The minimum absolute atomic E-state index is 0.0129.